The predicted octanol–water partition coefficient (Wildman–Crippen LogP) is 2.58. The standard InChI is InChI=1S/C15H19F3N2O3S/c1-14(2)12(9-5-6-23-13(9)14)20-8-3-4-11(24(19,21)22)10(7-8)15(16,17)18/h3-4,7,9,12-13,20H,5-6H2,1-2H3,(H2,19,21,22). The molecule has 0 amide bonds. The molecule has 1 heterocycles. The average Bonchev–Trinajstić information content (AvgIpc) is 2.89. The number of nitrogens with two attached hydrogens (primary N) is 1. The fraction of sp³-hybridized carbons (Fsp3) is 0.600. The Balaban J connectivity index is 1.93. The number of anilines is 1. The van der Waals surface area contributed by atoms with Gasteiger partial charge in [-0.3, -0.25) is 0 Å². The average molecular weight is 364 g/mol. The summed E-state index contributed by atoms with van der Waals surface area (Å²) in [7, 11) is -4.46. The summed E-state index contributed by atoms with van der Waals surface area (Å²) < 4.78 is 68.0. The van der Waals surface area contributed by atoms with Crippen LogP contribution in [0.15, 0.2) is 23.1 Å². The van der Waals surface area contributed by atoms with Crippen LogP contribution >= 0.6 is 0 Å². The van der Waals surface area contributed by atoms with Crippen molar-refractivity contribution in [1.29, 1.82) is 0 Å². The van der Waals surface area contributed by atoms with E-state index in [-0.39, 0.29) is 29.2 Å². The summed E-state index contributed by atoms with van der Waals surface area (Å²) in [5.41, 5.74) is -1.25. The van der Waals surface area contributed by atoms with Crippen LogP contribution in [0.3, 0.4) is 0 Å². The fourth-order valence-corrected chi connectivity index (χ4v) is 4.63. The van der Waals surface area contributed by atoms with Crippen molar-refractivity contribution in [2.75, 3.05) is 11.9 Å². The first-order valence-electron chi connectivity index (χ1n) is 7.54. The molecule has 0 spiro atoms. The molecule has 1 aliphatic heterocycles. The molecule has 1 saturated carbocycles. The van der Waals surface area contributed by atoms with Gasteiger partial charge in [-0.1, -0.05) is 13.8 Å². The zero-order valence-corrected chi connectivity index (χ0v) is 14.0. The number of ether oxygens (including phenoxy) is 1. The summed E-state index contributed by atoms with van der Waals surface area (Å²) in [4.78, 5) is -0.921. The Kier molecular flexibility index (Phi) is 3.89. The van der Waals surface area contributed by atoms with Gasteiger partial charge in [0.2, 0.25) is 10.0 Å². The first-order chi connectivity index (χ1) is 10.9. The van der Waals surface area contributed by atoms with Gasteiger partial charge in [0.05, 0.1) is 16.6 Å². The zero-order valence-electron chi connectivity index (χ0n) is 13.2. The van der Waals surface area contributed by atoms with Crippen molar-refractivity contribution in [3.05, 3.63) is 23.8 Å². The number of rotatable bonds is 3. The summed E-state index contributed by atoms with van der Waals surface area (Å²) in [5, 5.41) is 8.01. The Hall–Kier alpha value is -1.32. The first-order valence-corrected chi connectivity index (χ1v) is 9.09. The highest BCUT2D eigenvalue weighted by Gasteiger charge is 2.59. The van der Waals surface area contributed by atoms with E-state index in [4.69, 9.17) is 9.88 Å². The van der Waals surface area contributed by atoms with Crippen LogP contribution < -0.4 is 10.5 Å². The molecular formula is C15H19F3N2O3S. The van der Waals surface area contributed by atoms with E-state index in [1.165, 1.54) is 6.07 Å². The Bertz CT molecular complexity index is 762. The topological polar surface area (TPSA) is 81.4 Å². The number of primary sulfonamides is 1. The minimum atomic E-state index is -4.81. The maximum absolute atomic E-state index is 13.2. The lowest BCUT2D eigenvalue weighted by atomic mass is 9.57. The van der Waals surface area contributed by atoms with Crippen LogP contribution in [0.4, 0.5) is 18.9 Å². The van der Waals surface area contributed by atoms with E-state index >= 15 is 0 Å². The van der Waals surface area contributed by atoms with Crippen molar-refractivity contribution in [2.45, 2.75) is 43.5 Å². The monoisotopic (exact) mass is 364 g/mol. The van der Waals surface area contributed by atoms with Crippen LogP contribution in [-0.2, 0) is 20.9 Å². The Morgan fingerprint density at radius 3 is 2.58 bits per heavy atom. The van der Waals surface area contributed by atoms with E-state index in [0.717, 1.165) is 18.6 Å². The van der Waals surface area contributed by atoms with Crippen LogP contribution in [-0.4, -0.2) is 27.2 Å². The third-order valence-electron chi connectivity index (χ3n) is 5.01. The van der Waals surface area contributed by atoms with Crippen LogP contribution in [0, 0.1) is 11.3 Å². The molecule has 1 aromatic rings. The third-order valence-corrected chi connectivity index (χ3v) is 5.98. The number of benzene rings is 1. The molecule has 3 N–H and O–H groups in total. The number of sulfonamides is 1. The van der Waals surface area contributed by atoms with Crippen LogP contribution in [0.5, 0.6) is 0 Å². The number of alkyl halides is 3. The molecule has 2 aliphatic rings. The molecule has 0 bridgehead atoms. The van der Waals surface area contributed by atoms with Crippen molar-refractivity contribution >= 4 is 15.7 Å². The minimum Gasteiger partial charge on any atom is -0.381 e. The van der Waals surface area contributed by atoms with Gasteiger partial charge in [0.1, 0.15) is 0 Å². The van der Waals surface area contributed by atoms with Crippen molar-refractivity contribution < 1.29 is 26.3 Å². The van der Waals surface area contributed by atoms with Crippen molar-refractivity contribution in [2.24, 2.45) is 16.5 Å². The summed E-state index contributed by atoms with van der Waals surface area (Å²) in [6.45, 7) is 4.65. The predicted molar refractivity (Wildman–Crippen MR) is 81.9 cm³/mol. The van der Waals surface area contributed by atoms with Gasteiger partial charge in [-0.05, 0) is 24.6 Å². The molecule has 24 heavy (non-hydrogen) atoms. The van der Waals surface area contributed by atoms with E-state index in [0.29, 0.717) is 6.61 Å². The summed E-state index contributed by atoms with van der Waals surface area (Å²) in [6, 6.07) is 2.98. The number of hydrogen-bond acceptors (Lipinski definition) is 4. The second-order valence-electron chi connectivity index (χ2n) is 6.94. The van der Waals surface area contributed by atoms with Gasteiger partial charge in [-0.25, -0.2) is 13.6 Å². The smallest absolute Gasteiger partial charge is 0.381 e. The normalized spacial score (nSPS) is 29.0. The number of fused-ring (bicyclic) bond motifs is 1. The lowest BCUT2D eigenvalue weighted by Gasteiger charge is -2.55. The van der Waals surface area contributed by atoms with E-state index in [1.807, 2.05) is 13.8 Å². The summed E-state index contributed by atoms with van der Waals surface area (Å²) in [5.74, 6) is 0.243. The number of halogens is 3. The van der Waals surface area contributed by atoms with Gasteiger partial charge in [0.25, 0.3) is 0 Å². The van der Waals surface area contributed by atoms with Gasteiger partial charge in [-0.15, -0.1) is 0 Å². The maximum Gasteiger partial charge on any atom is 0.417 e. The molecule has 0 radical (unpaired) electrons. The maximum atomic E-state index is 13.2. The molecule has 1 aliphatic carbocycles. The molecule has 3 unspecified atom stereocenters. The largest absolute Gasteiger partial charge is 0.417 e. The van der Waals surface area contributed by atoms with Gasteiger partial charge < -0.3 is 10.1 Å². The van der Waals surface area contributed by atoms with E-state index in [1.54, 1.807) is 0 Å². The Labute approximate surface area is 138 Å². The first kappa shape index (κ1) is 17.5. The number of hydrogen-bond donors (Lipinski definition) is 2. The van der Waals surface area contributed by atoms with Crippen LogP contribution in [0.2, 0.25) is 0 Å². The summed E-state index contributed by atoms with van der Waals surface area (Å²) >= 11 is 0. The van der Waals surface area contributed by atoms with Crippen LogP contribution in [0.25, 0.3) is 0 Å². The molecule has 0 aromatic heterocycles. The second kappa shape index (κ2) is 5.34. The van der Waals surface area contributed by atoms with Gasteiger partial charge in [-0.2, -0.15) is 13.2 Å². The van der Waals surface area contributed by atoms with E-state index < -0.39 is 26.7 Å². The quantitative estimate of drug-likeness (QED) is 0.864. The molecule has 1 saturated heterocycles. The van der Waals surface area contributed by atoms with Crippen molar-refractivity contribution in [3.63, 3.8) is 0 Å². The van der Waals surface area contributed by atoms with Gasteiger partial charge in [0, 0.05) is 29.7 Å². The van der Waals surface area contributed by atoms with E-state index in [2.05, 4.69) is 5.32 Å². The summed E-state index contributed by atoms with van der Waals surface area (Å²) in [6.07, 6.45) is -3.86. The second-order valence-corrected chi connectivity index (χ2v) is 8.47. The zero-order chi connectivity index (χ0) is 17.9. The molecule has 5 nitrogen and oxygen atoms in total. The van der Waals surface area contributed by atoms with Crippen LogP contribution in [0.1, 0.15) is 25.8 Å². The molecule has 134 valence electrons. The fourth-order valence-electron chi connectivity index (χ4n) is 3.89. The lowest BCUT2D eigenvalue weighted by molar-refractivity contribution is -0.139. The highest BCUT2D eigenvalue weighted by molar-refractivity contribution is 7.89. The molecule has 2 fully saturated rings. The molecule has 9 heteroatoms. The van der Waals surface area contributed by atoms with Crippen molar-refractivity contribution in [1.82, 2.24) is 0 Å². The SMILES string of the molecule is CC1(C)C(Nc2ccc(S(N)(=O)=O)c(C(F)(F)F)c2)C2CCOC21. The molecule has 1 aromatic carbocycles. The highest BCUT2D eigenvalue weighted by atomic mass is 32.2. The highest BCUT2D eigenvalue weighted by Crippen LogP contribution is 2.53. The Morgan fingerprint density at radius 2 is 2.00 bits per heavy atom. The molecule has 3 rings (SSSR count). The Morgan fingerprint density at radius 1 is 1.33 bits per heavy atom. The minimum absolute atomic E-state index is 0.0357. The van der Waals surface area contributed by atoms with Gasteiger partial charge >= 0.3 is 6.18 Å². The van der Waals surface area contributed by atoms with Crippen molar-refractivity contribution in [3.8, 4) is 0 Å². The van der Waals surface area contributed by atoms with E-state index in [9.17, 15) is 21.6 Å². The van der Waals surface area contributed by atoms with Gasteiger partial charge in [0.15, 0.2) is 0 Å². The lowest BCUT2D eigenvalue weighted by Crippen LogP contribution is -2.63. The molecule has 3 atom stereocenters. The third kappa shape index (κ3) is 2.78. The number of nitrogens with one attached hydrogen (secondary N) is 1. The molecular weight excluding hydrogens is 345 g/mol.